The van der Waals surface area contributed by atoms with Crippen molar-refractivity contribution in [2.24, 2.45) is 0 Å². The number of oxazole rings is 1. The number of nitrogens with one attached hydrogen (secondary N) is 2. The Morgan fingerprint density at radius 2 is 1.44 bits per heavy atom. The van der Waals surface area contributed by atoms with E-state index in [0.717, 1.165) is 9.36 Å². The van der Waals surface area contributed by atoms with Crippen molar-refractivity contribution in [2.45, 2.75) is 26.4 Å². The minimum Gasteiger partial charge on any atom is -0.435 e. The zero-order valence-corrected chi connectivity index (χ0v) is 27.8. The van der Waals surface area contributed by atoms with Gasteiger partial charge in [-0.3, -0.25) is 19.2 Å². The lowest BCUT2D eigenvalue weighted by molar-refractivity contribution is -0.122. The van der Waals surface area contributed by atoms with E-state index in [1.165, 1.54) is 24.4 Å². The summed E-state index contributed by atoms with van der Waals surface area (Å²) in [6, 6.07) is 18.0. The van der Waals surface area contributed by atoms with Gasteiger partial charge in [0.2, 0.25) is 23.6 Å². The third kappa shape index (κ3) is 8.02. The van der Waals surface area contributed by atoms with Gasteiger partial charge in [-0.1, -0.05) is 41.4 Å². The van der Waals surface area contributed by atoms with Crippen molar-refractivity contribution < 1.29 is 18.4 Å². The van der Waals surface area contributed by atoms with E-state index >= 15 is 0 Å². The van der Waals surface area contributed by atoms with Crippen LogP contribution in [-0.2, 0) is 29.1 Å². The maximum absolute atomic E-state index is 13.3. The molecule has 2 amide bonds. The zero-order chi connectivity index (χ0) is 35.2. The quantitative estimate of drug-likeness (QED) is 0.188. The highest BCUT2D eigenvalue weighted by Crippen LogP contribution is 2.27. The van der Waals surface area contributed by atoms with Crippen LogP contribution in [0.5, 0.6) is 0 Å². The average Bonchev–Trinajstić information content (AvgIpc) is 3.79. The third-order valence-electron chi connectivity index (χ3n) is 7.14. The molecule has 50 heavy (non-hydrogen) atoms. The summed E-state index contributed by atoms with van der Waals surface area (Å²) in [5.74, 6) is -0.182. The molecule has 0 saturated carbocycles. The van der Waals surface area contributed by atoms with Crippen LogP contribution in [0.3, 0.4) is 0 Å². The first-order valence-electron chi connectivity index (χ1n) is 15.2. The van der Waals surface area contributed by atoms with E-state index in [2.05, 4.69) is 36.0 Å². The molecule has 0 aliphatic carbocycles. The highest BCUT2D eigenvalue weighted by molar-refractivity contribution is 6.31. The van der Waals surface area contributed by atoms with Crippen LogP contribution < -0.4 is 21.8 Å². The lowest BCUT2D eigenvalue weighted by Crippen LogP contribution is -2.37. The van der Waals surface area contributed by atoms with Crippen molar-refractivity contribution in [1.82, 2.24) is 45.4 Å². The van der Waals surface area contributed by atoms with Crippen LogP contribution in [0.2, 0.25) is 10.0 Å². The highest BCUT2D eigenvalue weighted by Gasteiger charge is 2.19. The van der Waals surface area contributed by atoms with Gasteiger partial charge in [0, 0.05) is 45.9 Å². The van der Waals surface area contributed by atoms with E-state index < -0.39 is 29.5 Å². The van der Waals surface area contributed by atoms with Crippen LogP contribution in [0.15, 0.2) is 91.4 Å². The molecule has 15 nitrogen and oxygen atoms in total. The van der Waals surface area contributed by atoms with Gasteiger partial charge in [-0.25, -0.2) is 14.3 Å². The largest absolute Gasteiger partial charge is 0.435 e. The first-order chi connectivity index (χ1) is 24.2. The molecule has 0 unspecified atom stereocenters. The molecular weight excluding hydrogens is 689 g/mol. The maximum atomic E-state index is 13.3. The number of halogens is 2. The van der Waals surface area contributed by atoms with Crippen molar-refractivity contribution in [1.29, 1.82) is 0 Å². The summed E-state index contributed by atoms with van der Waals surface area (Å²) in [6.07, 6.45) is 1.56. The Balaban J connectivity index is 1.16. The summed E-state index contributed by atoms with van der Waals surface area (Å²) < 4.78 is 13.6. The summed E-state index contributed by atoms with van der Waals surface area (Å²) in [6.45, 7) is 1.35. The Morgan fingerprint density at radius 3 is 2.20 bits per heavy atom. The lowest BCUT2D eigenvalue weighted by Gasteiger charge is -2.10. The number of aromatic nitrogens is 7. The molecular formula is C33H27Cl2N9O6. The number of hydrogen-bond acceptors (Lipinski definition) is 11. The molecule has 6 rings (SSSR count). The fourth-order valence-electron chi connectivity index (χ4n) is 4.81. The normalized spacial score (nSPS) is 11.0. The van der Waals surface area contributed by atoms with Crippen LogP contribution in [-0.4, -0.2) is 59.6 Å². The average molecular weight is 717 g/mol. The minimum atomic E-state index is -0.544. The fraction of sp³-hybridized carbons (Fsp3) is 0.182. The Hall–Kier alpha value is -5.93. The fourth-order valence-corrected chi connectivity index (χ4v) is 5.19. The lowest BCUT2D eigenvalue weighted by atomic mass is 10.2. The third-order valence-corrected chi connectivity index (χ3v) is 7.61. The topological polar surface area (TPSA) is 193 Å². The van der Waals surface area contributed by atoms with Crippen LogP contribution >= 0.6 is 23.2 Å². The van der Waals surface area contributed by atoms with Gasteiger partial charge in [0.1, 0.15) is 24.5 Å². The van der Waals surface area contributed by atoms with E-state index in [4.69, 9.17) is 32.0 Å². The van der Waals surface area contributed by atoms with Gasteiger partial charge < -0.3 is 19.5 Å². The first kappa shape index (κ1) is 34.0. The second-order valence-electron chi connectivity index (χ2n) is 10.7. The molecule has 0 radical (unpaired) electrons. The number of benzene rings is 2. The zero-order valence-electron chi connectivity index (χ0n) is 26.3. The van der Waals surface area contributed by atoms with Crippen LogP contribution in [0.25, 0.3) is 45.9 Å². The SMILES string of the molecule is CCNC(=O)Cn1nc(-c2nnc(-c3cccc(Cl)c3)o2)cc(CCNC(=O)Cn2nc(-c3ncc(-c4cccc(Cl)c4)o3)ccc2=O)c1=O. The molecule has 0 spiro atoms. The van der Waals surface area contributed by atoms with Crippen molar-refractivity contribution in [2.75, 3.05) is 13.1 Å². The summed E-state index contributed by atoms with van der Waals surface area (Å²) in [4.78, 5) is 55.3. The predicted molar refractivity (Wildman–Crippen MR) is 182 cm³/mol. The summed E-state index contributed by atoms with van der Waals surface area (Å²) in [5.41, 5.74) is 0.832. The highest BCUT2D eigenvalue weighted by atomic mass is 35.5. The number of rotatable bonds is 12. The first-order valence-corrected chi connectivity index (χ1v) is 16.0. The van der Waals surface area contributed by atoms with Gasteiger partial charge in [-0.15, -0.1) is 10.2 Å². The Kier molecular flexibility index (Phi) is 10.2. The molecule has 0 aliphatic heterocycles. The number of likely N-dealkylation sites (N-methyl/N-ethyl adjacent to an activating group) is 1. The second-order valence-corrected chi connectivity index (χ2v) is 11.6. The Morgan fingerprint density at radius 1 is 0.760 bits per heavy atom. The van der Waals surface area contributed by atoms with Gasteiger partial charge >= 0.3 is 0 Å². The Labute approximate surface area is 292 Å². The van der Waals surface area contributed by atoms with Gasteiger partial charge in [-0.05, 0) is 55.8 Å². The van der Waals surface area contributed by atoms with Crippen LogP contribution in [0, 0.1) is 0 Å². The van der Waals surface area contributed by atoms with Crippen molar-refractivity contribution >= 4 is 35.0 Å². The number of amides is 2. The number of carbonyl (C=O) groups is 2. The van der Waals surface area contributed by atoms with Gasteiger partial charge in [0.25, 0.3) is 17.0 Å². The molecule has 2 N–H and O–H groups in total. The van der Waals surface area contributed by atoms with E-state index in [-0.39, 0.29) is 54.1 Å². The van der Waals surface area contributed by atoms with Gasteiger partial charge in [-0.2, -0.15) is 10.2 Å². The molecule has 0 bridgehead atoms. The van der Waals surface area contributed by atoms with E-state index in [9.17, 15) is 19.2 Å². The standard InChI is InChI=1S/C33H27Cl2N9O6/c1-2-36-27(45)18-44-33(48)21(15-25(42-44)32-40-39-30(50-32)20-6-4-8-23(35)14-20)11-12-37-28(46)17-43-29(47)10-9-24(41-43)31-38-16-26(49-31)19-5-3-7-22(34)13-19/h3-10,13-16H,2,11-12,17-18H2,1H3,(H,36,45)(H,37,46). The molecule has 0 saturated heterocycles. The molecule has 0 aliphatic rings. The molecule has 0 atom stereocenters. The Bertz CT molecular complexity index is 2310. The monoisotopic (exact) mass is 715 g/mol. The van der Waals surface area contributed by atoms with Crippen molar-refractivity contribution in [3.63, 3.8) is 0 Å². The van der Waals surface area contributed by atoms with Gasteiger partial charge in [0.05, 0.1) is 6.20 Å². The minimum absolute atomic E-state index is 0.00553. The summed E-state index contributed by atoms with van der Waals surface area (Å²) >= 11 is 12.2. The van der Waals surface area contributed by atoms with Crippen molar-refractivity contribution in [3.8, 4) is 45.9 Å². The molecule has 0 fully saturated rings. The summed E-state index contributed by atoms with van der Waals surface area (Å²) in [5, 5.41) is 23.0. The smallest absolute Gasteiger partial charge is 0.270 e. The molecule has 17 heteroatoms. The molecule has 4 aromatic heterocycles. The van der Waals surface area contributed by atoms with E-state index in [1.807, 2.05) is 6.07 Å². The molecule has 254 valence electrons. The number of carbonyl (C=O) groups excluding carboxylic acids is 2. The molecule has 6 aromatic rings. The van der Waals surface area contributed by atoms with Crippen LogP contribution in [0.1, 0.15) is 12.5 Å². The summed E-state index contributed by atoms with van der Waals surface area (Å²) in [7, 11) is 0. The maximum Gasteiger partial charge on any atom is 0.270 e. The van der Waals surface area contributed by atoms with Crippen molar-refractivity contribution in [3.05, 3.63) is 109 Å². The molecule has 2 aromatic carbocycles. The number of nitrogens with zero attached hydrogens (tertiary/aromatic N) is 7. The molecule has 4 heterocycles. The second kappa shape index (κ2) is 15.1. The van der Waals surface area contributed by atoms with E-state index in [1.54, 1.807) is 49.4 Å². The van der Waals surface area contributed by atoms with Crippen LogP contribution in [0.4, 0.5) is 0 Å². The number of hydrogen-bond donors (Lipinski definition) is 2. The van der Waals surface area contributed by atoms with E-state index in [0.29, 0.717) is 33.5 Å². The predicted octanol–water partition coefficient (Wildman–Crippen LogP) is 3.64. The van der Waals surface area contributed by atoms with Gasteiger partial charge in [0.15, 0.2) is 5.76 Å².